The molecule has 1 aliphatic heterocycles. The van der Waals surface area contributed by atoms with Crippen LogP contribution in [0.25, 0.3) is 0 Å². The number of nitrogens with zero attached hydrogens (tertiary/aromatic N) is 3. The molecule has 22 heavy (non-hydrogen) atoms. The van der Waals surface area contributed by atoms with Crippen LogP contribution < -0.4 is 10.2 Å². The molecule has 0 aromatic carbocycles. The van der Waals surface area contributed by atoms with Gasteiger partial charge < -0.3 is 15.1 Å². The summed E-state index contributed by atoms with van der Waals surface area (Å²) in [5, 5.41) is 2.92. The lowest BCUT2D eigenvalue weighted by molar-refractivity contribution is 0.0947. The molecule has 1 aromatic heterocycles. The zero-order valence-corrected chi connectivity index (χ0v) is 13.8. The SMILES string of the molecule is CN(C)CCCNC(=O)c1ccc(N2CCCCCC2)cn1. The maximum atomic E-state index is 12.0. The van der Waals surface area contributed by atoms with E-state index >= 15 is 0 Å². The molecule has 5 heteroatoms. The summed E-state index contributed by atoms with van der Waals surface area (Å²) in [6.45, 7) is 3.85. The number of nitrogens with one attached hydrogen (secondary N) is 1. The first-order valence-corrected chi connectivity index (χ1v) is 8.31. The van der Waals surface area contributed by atoms with Gasteiger partial charge >= 0.3 is 0 Å². The van der Waals surface area contributed by atoms with Gasteiger partial charge in [0, 0.05) is 19.6 Å². The number of carbonyl (C=O) groups is 1. The van der Waals surface area contributed by atoms with Gasteiger partial charge in [0.1, 0.15) is 5.69 Å². The molecule has 122 valence electrons. The summed E-state index contributed by atoms with van der Waals surface area (Å²) in [5.74, 6) is -0.0822. The van der Waals surface area contributed by atoms with E-state index in [0.717, 1.165) is 31.7 Å². The summed E-state index contributed by atoms with van der Waals surface area (Å²) < 4.78 is 0. The molecule has 2 heterocycles. The van der Waals surface area contributed by atoms with Gasteiger partial charge in [0.05, 0.1) is 11.9 Å². The van der Waals surface area contributed by atoms with Crippen LogP contribution in [0.15, 0.2) is 18.3 Å². The van der Waals surface area contributed by atoms with Gasteiger partial charge in [-0.2, -0.15) is 0 Å². The Bertz CT molecular complexity index is 450. The zero-order chi connectivity index (χ0) is 15.8. The molecule has 0 spiro atoms. The molecule has 0 saturated carbocycles. The van der Waals surface area contributed by atoms with Gasteiger partial charge in [0.2, 0.25) is 0 Å². The number of aromatic nitrogens is 1. The third-order valence-electron chi connectivity index (χ3n) is 4.02. The Labute approximate surface area is 133 Å². The molecule has 0 unspecified atom stereocenters. The summed E-state index contributed by atoms with van der Waals surface area (Å²) in [6, 6.07) is 3.86. The first kappa shape index (κ1) is 16.7. The minimum Gasteiger partial charge on any atom is -0.370 e. The van der Waals surface area contributed by atoms with Crippen LogP contribution in [-0.2, 0) is 0 Å². The lowest BCUT2D eigenvalue weighted by Gasteiger charge is -2.22. The Kier molecular flexibility index (Phi) is 6.65. The van der Waals surface area contributed by atoms with Crippen LogP contribution in [0.5, 0.6) is 0 Å². The van der Waals surface area contributed by atoms with Crippen LogP contribution in [-0.4, -0.2) is 56.1 Å². The quantitative estimate of drug-likeness (QED) is 0.818. The highest BCUT2D eigenvalue weighted by Crippen LogP contribution is 2.18. The van der Waals surface area contributed by atoms with E-state index in [1.54, 1.807) is 0 Å². The lowest BCUT2D eigenvalue weighted by Crippen LogP contribution is -2.28. The predicted octanol–water partition coefficient (Wildman–Crippen LogP) is 2.14. The second-order valence-corrected chi connectivity index (χ2v) is 6.22. The molecule has 0 radical (unpaired) electrons. The maximum Gasteiger partial charge on any atom is 0.269 e. The lowest BCUT2D eigenvalue weighted by atomic mass is 10.2. The highest BCUT2D eigenvalue weighted by molar-refractivity contribution is 5.92. The molecular weight excluding hydrogens is 276 g/mol. The van der Waals surface area contributed by atoms with E-state index in [1.807, 2.05) is 32.4 Å². The maximum absolute atomic E-state index is 12.0. The van der Waals surface area contributed by atoms with Gasteiger partial charge in [-0.25, -0.2) is 4.98 Å². The molecule has 1 aliphatic rings. The third kappa shape index (κ3) is 5.30. The largest absolute Gasteiger partial charge is 0.370 e. The van der Waals surface area contributed by atoms with Crippen molar-refractivity contribution in [1.29, 1.82) is 0 Å². The summed E-state index contributed by atoms with van der Waals surface area (Å²) in [6.07, 6.45) is 7.90. The predicted molar refractivity (Wildman–Crippen MR) is 90.4 cm³/mol. The minimum atomic E-state index is -0.0822. The molecule has 0 aliphatic carbocycles. The van der Waals surface area contributed by atoms with Gasteiger partial charge in [-0.15, -0.1) is 0 Å². The van der Waals surface area contributed by atoms with Gasteiger partial charge in [0.15, 0.2) is 0 Å². The first-order chi connectivity index (χ1) is 10.7. The second kappa shape index (κ2) is 8.73. The number of rotatable bonds is 6. The van der Waals surface area contributed by atoms with Gasteiger partial charge in [-0.1, -0.05) is 12.8 Å². The topological polar surface area (TPSA) is 48.5 Å². The van der Waals surface area contributed by atoms with Crippen molar-refractivity contribution in [1.82, 2.24) is 15.2 Å². The number of hydrogen-bond acceptors (Lipinski definition) is 4. The van der Waals surface area contributed by atoms with Crippen molar-refractivity contribution in [3.8, 4) is 0 Å². The van der Waals surface area contributed by atoms with E-state index in [-0.39, 0.29) is 5.91 Å². The molecule has 2 rings (SSSR count). The van der Waals surface area contributed by atoms with Gasteiger partial charge in [0.25, 0.3) is 5.91 Å². The molecule has 1 amide bonds. The van der Waals surface area contributed by atoms with Crippen LogP contribution in [0.4, 0.5) is 5.69 Å². The fourth-order valence-corrected chi connectivity index (χ4v) is 2.72. The summed E-state index contributed by atoms with van der Waals surface area (Å²) in [7, 11) is 4.07. The third-order valence-corrected chi connectivity index (χ3v) is 4.02. The van der Waals surface area contributed by atoms with Crippen molar-refractivity contribution >= 4 is 11.6 Å². The monoisotopic (exact) mass is 304 g/mol. The Morgan fingerprint density at radius 3 is 2.55 bits per heavy atom. The van der Waals surface area contributed by atoms with Crippen LogP contribution in [0, 0.1) is 0 Å². The first-order valence-electron chi connectivity index (χ1n) is 8.31. The van der Waals surface area contributed by atoms with Crippen LogP contribution >= 0.6 is 0 Å². The Hall–Kier alpha value is -1.62. The standard InChI is InChI=1S/C17H28N4O/c1-20(2)11-7-10-18-17(22)16-9-8-15(14-19-16)21-12-5-3-4-6-13-21/h8-9,14H,3-7,10-13H2,1-2H3,(H,18,22). The number of amides is 1. The van der Waals surface area contributed by atoms with Crippen molar-refractivity contribution in [2.45, 2.75) is 32.1 Å². The highest BCUT2D eigenvalue weighted by Gasteiger charge is 2.12. The van der Waals surface area contributed by atoms with Crippen molar-refractivity contribution < 1.29 is 4.79 Å². The fraction of sp³-hybridized carbons (Fsp3) is 0.647. The van der Waals surface area contributed by atoms with Crippen LogP contribution in [0.1, 0.15) is 42.6 Å². The van der Waals surface area contributed by atoms with Gasteiger partial charge in [-0.3, -0.25) is 4.79 Å². The van der Waals surface area contributed by atoms with Gasteiger partial charge in [-0.05, 0) is 52.0 Å². The number of carbonyl (C=O) groups excluding carboxylic acids is 1. The normalized spacial score (nSPS) is 15.7. The van der Waals surface area contributed by atoms with Crippen molar-refractivity contribution in [3.63, 3.8) is 0 Å². The van der Waals surface area contributed by atoms with E-state index in [1.165, 1.54) is 25.7 Å². The Morgan fingerprint density at radius 2 is 1.95 bits per heavy atom. The van der Waals surface area contributed by atoms with E-state index in [9.17, 15) is 4.79 Å². The zero-order valence-electron chi connectivity index (χ0n) is 13.8. The minimum absolute atomic E-state index is 0.0822. The number of pyridine rings is 1. The smallest absolute Gasteiger partial charge is 0.269 e. The molecule has 1 saturated heterocycles. The van der Waals surface area contributed by atoms with E-state index in [0.29, 0.717) is 12.2 Å². The second-order valence-electron chi connectivity index (χ2n) is 6.22. The molecule has 1 aromatic rings. The fourth-order valence-electron chi connectivity index (χ4n) is 2.72. The van der Waals surface area contributed by atoms with Crippen LogP contribution in [0.2, 0.25) is 0 Å². The molecule has 0 bridgehead atoms. The number of hydrogen-bond donors (Lipinski definition) is 1. The number of anilines is 1. The summed E-state index contributed by atoms with van der Waals surface area (Å²) in [5.41, 5.74) is 1.63. The molecule has 0 atom stereocenters. The molecule has 1 fully saturated rings. The molecule has 5 nitrogen and oxygen atoms in total. The van der Waals surface area contributed by atoms with E-state index < -0.39 is 0 Å². The molecular formula is C17H28N4O. The average Bonchev–Trinajstić information content (AvgIpc) is 2.80. The van der Waals surface area contributed by atoms with Crippen molar-refractivity contribution in [2.75, 3.05) is 45.2 Å². The molecule has 1 N–H and O–H groups in total. The van der Waals surface area contributed by atoms with Crippen LogP contribution in [0.3, 0.4) is 0 Å². The summed E-state index contributed by atoms with van der Waals surface area (Å²) >= 11 is 0. The Balaban J connectivity index is 1.83. The Morgan fingerprint density at radius 1 is 1.23 bits per heavy atom. The summed E-state index contributed by atoms with van der Waals surface area (Å²) in [4.78, 5) is 20.9. The van der Waals surface area contributed by atoms with E-state index in [2.05, 4.69) is 20.1 Å². The highest BCUT2D eigenvalue weighted by atomic mass is 16.1. The van der Waals surface area contributed by atoms with E-state index in [4.69, 9.17) is 0 Å². The average molecular weight is 304 g/mol. The van der Waals surface area contributed by atoms with Crippen molar-refractivity contribution in [3.05, 3.63) is 24.0 Å². The van der Waals surface area contributed by atoms with Crippen molar-refractivity contribution in [2.24, 2.45) is 0 Å².